The minimum atomic E-state index is -0.185. The van der Waals surface area contributed by atoms with Crippen molar-refractivity contribution in [3.63, 3.8) is 0 Å². The molecule has 2 aromatic carbocycles. The minimum absolute atomic E-state index is 0.0831. The van der Waals surface area contributed by atoms with Gasteiger partial charge in [-0.05, 0) is 36.1 Å². The largest absolute Gasteiger partial charge is 0.331 e. The first kappa shape index (κ1) is 19.5. The quantitative estimate of drug-likeness (QED) is 0.576. The zero-order chi connectivity index (χ0) is 18.9. The van der Waals surface area contributed by atoms with Gasteiger partial charge >= 0.3 is 6.03 Å². The fourth-order valence-electron chi connectivity index (χ4n) is 3.10. The molecular weight excluding hydrogens is 324 g/mol. The number of benzene rings is 2. The van der Waals surface area contributed by atoms with Crippen LogP contribution in [0.25, 0.3) is 10.9 Å². The third kappa shape index (κ3) is 4.23. The molecule has 1 aromatic heterocycles. The smallest absolute Gasteiger partial charge is 0.319 e. The Morgan fingerprint density at radius 2 is 1.85 bits per heavy atom. The van der Waals surface area contributed by atoms with Crippen LogP contribution in [0.1, 0.15) is 51.3 Å². The number of aryl methyl sites for hydroxylation is 1. The molecular formula is C21H28N4O. The molecule has 0 bridgehead atoms. The van der Waals surface area contributed by atoms with E-state index in [2.05, 4.69) is 33.0 Å². The molecule has 1 unspecified atom stereocenters. The van der Waals surface area contributed by atoms with Crippen LogP contribution in [0.5, 0.6) is 0 Å². The van der Waals surface area contributed by atoms with E-state index < -0.39 is 0 Å². The number of nitrogens with one attached hydrogen (secondary N) is 3. The molecule has 1 atom stereocenters. The number of H-pyrrole nitrogens is 1. The van der Waals surface area contributed by atoms with Gasteiger partial charge < -0.3 is 10.6 Å². The lowest BCUT2D eigenvalue weighted by Crippen LogP contribution is -2.31. The van der Waals surface area contributed by atoms with E-state index in [1.54, 1.807) is 6.20 Å². The Morgan fingerprint density at radius 1 is 1.08 bits per heavy atom. The molecule has 3 N–H and O–H groups in total. The van der Waals surface area contributed by atoms with Gasteiger partial charge in [0.1, 0.15) is 0 Å². The molecule has 0 radical (unpaired) electrons. The van der Waals surface area contributed by atoms with Crippen LogP contribution in [0.3, 0.4) is 0 Å². The van der Waals surface area contributed by atoms with Gasteiger partial charge in [-0.2, -0.15) is 5.10 Å². The molecule has 0 spiro atoms. The number of anilines is 1. The summed E-state index contributed by atoms with van der Waals surface area (Å²) in [6.45, 7) is 8.00. The van der Waals surface area contributed by atoms with Crippen molar-refractivity contribution in [2.45, 2.75) is 46.6 Å². The first-order valence-electron chi connectivity index (χ1n) is 9.39. The van der Waals surface area contributed by atoms with E-state index in [-0.39, 0.29) is 12.1 Å². The Balaban J connectivity index is 0.000000570. The second-order valence-electron chi connectivity index (χ2n) is 5.53. The highest BCUT2D eigenvalue weighted by Gasteiger charge is 2.23. The molecule has 0 saturated heterocycles. The van der Waals surface area contributed by atoms with Crippen LogP contribution in [-0.4, -0.2) is 16.2 Å². The van der Waals surface area contributed by atoms with Crippen LogP contribution in [0.2, 0.25) is 0 Å². The second kappa shape index (κ2) is 9.61. The van der Waals surface area contributed by atoms with Gasteiger partial charge in [-0.15, -0.1) is 0 Å². The Kier molecular flexibility index (Phi) is 7.21. The van der Waals surface area contributed by atoms with Gasteiger partial charge in [0.15, 0.2) is 0 Å². The summed E-state index contributed by atoms with van der Waals surface area (Å²) in [5.74, 6) is 0. The van der Waals surface area contributed by atoms with Crippen molar-refractivity contribution < 1.29 is 4.79 Å². The molecule has 5 nitrogen and oxygen atoms in total. The maximum atomic E-state index is 12.3. The van der Waals surface area contributed by atoms with Crippen molar-refractivity contribution in [2.24, 2.45) is 0 Å². The second-order valence-corrected chi connectivity index (χ2v) is 5.53. The first-order chi connectivity index (χ1) is 12.8. The normalized spacial score (nSPS) is 14.4. The summed E-state index contributed by atoms with van der Waals surface area (Å²) in [4.78, 5) is 12.3. The zero-order valence-corrected chi connectivity index (χ0v) is 16.0. The third-order valence-electron chi connectivity index (χ3n) is 4.17. The summed E-state index contributed by atoms with van der Waals surface area (Å²) in [5, 5.41) is 13.8. The van der Waals surface area contributed by atoms with E-state index in [1.807, 2.05) is 58.0 Å². The number of aromatic nitrogens is 2. The number of hydrogen-bond donors (Lipinski definition) is 3. The van der Waals surface area contributed by atoms with Crippen molar-refractivity contribution in [3.05, 3.63) is 59.8 Å². The Labute approximate surface area is 155 Å². The van der Waals surface area contributed by atoms with Gasteiger partial charge in [0.25, 0.3) is 0 Å². The summed E-state index contributed by atoms with van der Waals surface area (Å²) in [7, 11) is 0. The van der Waals surface area contributed by atoms with E-state index in [9.17, 15) is 4.79 Å². The average Bonchev–Trinajstić information content (AvgIpc) is 3.33. The molecule has 1 aliphatic rings. The van der Waals surface area contributed by atoms with Crippen LogP contribution >= 0.6 is 0 Å². The molecule has 1 aliphatic carbocycles. The predicted molar refractivity (Wildman–Crippen MR) is 108 cm³/mol. The van der Waals surface area contributed by atoms with Gasteiger partial charge in [0.05, 0.1) is 23.4 Å². The third-order valence-corrected chi connectivity index (χ3v) is 4.17. The van der Waals surface area contributed by atoms with E-state index in [4.69, 9.17) is 0 Å². The first-order valence-corrected chi connectivity index (χ1v) is 9.39. The molecule has 4 rings (SSSR count). The lowest BCUT2D eigenvalue weighted by molar-refractivity contribution is 0.248. The van der Waals surface area contributed by atoms with Gasteiger partial charge in [0, 0.05) is 5.39 Å². The van der Waals surface area contributed by atoms with Gasteiger partial charge in [-0.3, -0.25) is 5.10 Å². The number of fused-ring (bicyclic) bond motifs is 2. The number of rotatable bonds is 2. The monoisotopic (exact) mass is 352 g/mol. The topological polar surface area (TPSA) is 69.8 Å². The van der Waals surface area contributed by atoms with E-state index in [1.165, 1.54) is 11.1 Å². The predicted octanol–water partition coefficient (Wildman–Crippen LogP) is 5.42. The number of urea groups is 1. The van der Waals surface area contributed by atoms with Crippen molar-refractivity contribution in [2.75, 3.05) is 5.32 Å². The molecule has 26 heavy (non-hydrogen) atoms. The highest BCUT2D eigenvalue weighted by atomic mass is 16.2. The van der Waals surface area contributed by atoms with Crippen molar-refractivity contribution in [1.82, 2.24) is 15.5 Å². The average molecular weight is 352 g/mol. The Morgan fingerprint density at radius 3 is 2.65 bits per heavy atom. The lowest BCUT2D eigenvalue weighted by Gasteiger charge is -2.15. The number of amides is 2. The lowest BCUT2D eigenvalue weighted by atomic mass is 10.1. The van der Waals surface area contributed by atoms with Crippen LogP contribution in [0.15, 0.2) is 48.7 Å². The summed E-state index contributed by atoms with van der Waals surface area (Å²) >= 11 is 0. The number of nitrogens with zero attached hydrogens (tertiary/aromatic N) is 1. The molecule has 1 heterocycles. The Hall–Kier alpha value is -2.82. The fourth-order valence-corrected chi connectivity index (χ4v) is 3.10. The number of hydrogen-bond acceptors (Lipinski definition) is 2. The highest BCUT2D eigenvalue weighted by Crippen LogP contribution is 2.30. The molecule has 0 aliphatic heterocycles. The summed E-state index contributed by atoms with van der Waals surface area (Å²) in [6, 6.07) is 13.9. The van der Waals surface area contributed by atoms with E-state index in [0.29, 0.717) is 0 Å². The molecule has 5 heteroatoms. The van der Waals surface area contributed by atoms with Crippen molar-refractivity contribution in [1.29, 1.82) is 0 Å². The summed E-state index contributed by atoms with van der Waals surface area (Å²) in [5.41, 5.74) is 4.21. The van der Waals surface area contributed by atoms with Crippen LogP contribution in [-0.2, 0) is 6.42 Å². The van der Waals surface area contributed by atoms with E-state index >= 15 is 0 Å². The molecule has 2 amide bonds. The van der Waals surface area contributed by atoms with Crippen LogP contribution in [0, 0.1) is 0 Å². The minimum Gasteiger partial charge on any atom is -0.331 e. The number of aromatic amines is 1. The molecule has 0 saturated carbocycles. The van der Waals surface area contributed by atoms with Crippen LogP contribution < -0.4 is 10.6 Å². The maximum Gasteiger partial charge on any atom is 0.319 e. The van der Waals surface area contributed by atoms with Crippen molar-refractivity contribution in [3.8, 4) is 0 Å². The summed E-state index contributed by atoms with van der Waals surface area (Å²) < 4.78 is 0. The van der Waals surface area contributed by atoms with Gasteiger partial charge in [0.2, 0.25) is 0 Å². The number of carbonyl (C=O) groups excluding carboxylic acids is 1. The Bertz CT molecular complexity index is 841. The molecule has 0 fully saturated rings. The van der Waals surface area contributed by atoms with Gasteiger partial charge in [-0.25, -0.2) is 4.79 Å². The fraction of sp³-hybridized carbons (Fsp3) is 0.333. The molecule has 138 valence electrons. The SMILES string of the molecule is CC.CC.O=C(Nc1cccc2[nH]ncc12)NC1CCc2ccccc21. The summed E-state index contributed by atoms with van der Waals surface area (Å²) in [6.07, 6.45) is 3.68. The molecule has 3 aromatic rings. The van der Waals surface area contributed by atoms with Crippen LogP contribution in [0.4, 0.5) is 10.5 Å². The standard InChI is InChI=1S/C17H16N4O.2C2H6/c22-17(19-14-6-3-7-16-13(14)10-18-21-16)20-15-9-8-11-4-1-2-5-12(11)15;2*1-2/h1-7,10,15H,8-9H2,(H,18,21)(H2,19,20,22);2*1-2H3. The highest BCUT2D eigenvalue weighted by molar-refractivity contribution is 6.00. The maximum absolute atomic E-state index is 12.3. The van der Waals surface area contributed by atoms with Gasteiger partial charge in [-0.1, -0.05) is 58.0 Å². The van der Waals surface area contributed by atoms with E-state index in [0.717, 1.165) is 29.4 Å². The zero-order valence-electron chi connectivity index (χ0n) is 16.0. The number of carbonyl (C=O) groups is 1. The van der Waals surface area contributed by atoms with Crippen molar-refractivity contribution >= 4 is 22.6 Å².